The number of carboxylic acid groups (broad SMARTS) is 2. The molecule has 8 heteroatoms. The molecule has 3 amide bonds. The standard InChI is InChI=1S/C3H4O2.CH4N2O.CH3NO2/c1-2-3(4)5;2*2-1(3)4/h2H,1H2,(H,4,5);(H4,2,3,4);2H2,(H,3,4). The first-order chi connectivity index (χ1) is 5.73. The molecule has 0 atom stereocenters. The van der Waals surface area contributed by atoms with Gasteiger partial charge in [0.1, 0.15) is 0 Å². The van der Waals surface area contributed by atoms with Crippen molar-refractivity contribution in [3.8, 4) is 0 Å². The van der Waals surface area contributed by atoms with E-state index in [4.69, 9.17) is 19.8 Å². The van der Waals surface area contributed by atoms with E-state index in [-0.39, 0.29) is 0 Å². The number of carbonyl (C=O) groups is 3. The lowest BCUT2D eigenvalue weighted by atomic mass is 10.7. The fourth-order valence-corrected chi connectivity index (χ4v) is 0. The third kappa shape index (κ3) is 9370. The summed E-state index contributed by atoms with van der Waals surface area (Å²) in [4.78, 5) is 27.0. The normalized spacial score (nSPS) is 6.15. The fourth-order valence-electron chi connectivity index (χ4n) is 0. The van der Waals surface area contributed by atoms with Crippen molar-refractivity contribution in [1.29, 1.82) is 0 Å². The molecule has 0 heterocycles. The number of urea groups is 1. The average molecular weight is 193 g/mol. The van der Waals surface area contributed by atoms with Gasteiger partial charge >= 0.3 is 18.1 Å². The lowest BCUT2D eigenvalue weighted by Crippen LogP contribution is -2.18. The van der Waals surface area contributed by atoms with Gasteiger partial charge in [-0.25, -0.2) is 14.4 Å². The van der Waals surface area contributed by atoms with Crippen LogP contribution in [0.1, 0.15) is 0 Å². The van der Waals surface area contributed by atoms with Gasteiger partial charge in [-0.15, -0.1) is 0 Å². The van der Waals surface area contributed by atoms with Crippen LogP contribution in [0.25, 0.3) is 0 Å². The maximum atomic E-state index is 9.25. The van der Waals surface area contributed by atoms with Crippen LogP contribution in [0, 0.1) is 0 Å². The van der Waals surface area contributed by atoms with Crippen LogP contribution in [0.4, 0.5) is 9.59 Å². The molecule has 0 saturated heterocycles. The predicted molar refractivity (Wildman–Crippen MR) is 43.8 cm³/mol. The van der Waals surface area contributed by atoms with Crippen molar-refractivity contribution >= 4 is 18.1 Å². The van der Waals surface area contributed by atoms with Crippen molar-refractivity contribution in [1.82, 2.24) is 0 Å². The van der Waals surface area contributed by atoms with Gasteiger partial charge in [-0.05, 0) is 0 Å². The van der Waals surface area contributed by atoms with Crippen molar-refractivity contribution in [3.63, 3.8) is 0 Å². The van der Waals surface area contributed by atoms with E-state index in [1.807, 2.05) is 0 Å². The molecular weight excluding hydrogens is 182 g/mol. The Balaban J connectivity index is -0.000000117. The molecular formula is C5H11N3O5. The van der Waals surface area contributed by atoms with Crippen LogP contribution in [-0.4, -0.2) is 28.3 Å². The number of hydrogen-bond donors (Lipinski definition) is 5. The van der Waals surface area contributed by atoms with Crippen molar-refractivity contribution in [2.45, 2.75) is 0 Å². The Hall–Kier alpha value is -2.25. The van der Waals surface area contributed by atoms with Crippen LogP contribution in [-0.2, 0) is 4.79 Å². The van der Waals surface area contributed by atoms with Gasteiger partial charge < -0.3 is 27.4 Å². The summed E-state index contributed by atoms with van der Waals surface area (Å²) in [7, 11) is 0. The van der Waals surface area contributed by atoms with Crippen molar-refractivity contribution in [2.24, 2.45) is 17.2 Å². The van der Waals surface area contributed by atoms with E-state index in [0.717, 1.165) is 6.08 Å². The molecule has 0 aliphatic carbocycles. The summed E-state index contributed by atoms with van der Waals surface area (Å²) < 4.78 is 0. The number of hydrogen-bond acceptors (Lipinski definition) is 3. The highest BCUT2D eigenvalue weighted by Gasteiger charge is 1.73. The van der Waals surface area contributed by atoms with E-state index in [9.17, 15) is 4.79 Å². The summed E-state index contributed by atoms with van der Waals surface area (Å²) in [6.45, 7) is 2.96. The van der Waals surface area contributed by atoms with Crippen molar-refractivity contribution in [3.05, 3.63) is 12.7 Å². The molecule has 0 aliphatic heterocycles. The topological polar surface area (TPSA) is 170 Å². The highest BCUT2D eigenvalue weighted by atomic mass is 16.4. The van der Waals surface area contributed by atoms with Gasteiger partial charge in [0.25, 0.3) is 0 Å². The Labute approximate surface area is 73.6 Å². The molecule has 0 unspecified atom stereocenters. The zero-order chi connectivity index (χ0) is 11.4. The SMILES string of the molecule is C=CC(=O)O.NC(=O)O.NC(N)=O. The lowest BCUT2D eigenvalue weighted by molar-refractivity contribution is -0.131. The lowest BCUT2D eigenvalue weighted by Gasteiger charge is -1.64. The van der Waals surface area contributed by atoms with E-state index in [0.29, 0.717) is 0 Å². The molecule has 0 radical (unpaired) electrons. The maximum absolute atomic E-state index is 9.25. The number of primary amides is 3. The number of nitrogens with two attached hydrogens (primary N) is 3. The Morgan fingerprint density at radius 3 is 1.15 bits per heavy atom. The second-order valence-corrected chi connectivity index (χ2v) is 1.28. The minimum absolute atomic E-state index is 0.833. The third-order valence-corrected chi connectivity index (χ3v) is 0.175. The number of carboxylic acids is 1. The highest BCUT2D eigenvalue weighted by molar-refractivity contribution is 5.78. The molecule has 0 aromatic heterocycles. The number of carbonyl (C=O) groups excluding carboxylic acids is 1. The minimum Gasteiger partial charge on any atom is -0.478 e. The first-order valence-electron chi connectivity index (χ1n) is 2.62. The average Bonchev–Trinajstić information content (AvgIpc) is 1.84. The van der Waals surface area contributed by atoms with Crippen LogP contribution in [0.5, 0.6) is 0 Å². The Morgan fingerprint density at radius 1 is 1.08 bits per heavy atom. The van der Waals surface area contributed by atoms with Gasteiger partial charge in [-0.1, -0.05) is 6.58 Å². The van der Waals surface area contributed by atoms with Gasteiger partial charge in [0.05, 0.1) is 0 Å². The van der Waals surface area contributed by atoms with Crippen LogP contribution < -0.4 is 17.2 Å². The predicted octanol–water partition coefficient (Wildman–Crippen LogP) is -1.10. The summed E-state index contributed by atoms with van der Waals surface area (Å²) in [5, 5.41) is 14.8. The molecule has 0 aromatic carbocycles. The van der Waals surface area contributed by atoms with Crippen LogP contribution >= 0.6 is 0 Å². The smallest absolute Gasteiger partial charge is 0.402 e. The molecule has 76 valence electrons. The molecule has 8 N–H and O–H groups in total. The second-order valence-electron chi connectivity index (χ2n) is 1.28. The number of amides is 3. The largest absolute Gasteiger partial charge is 0.478 e. The zero-order valence-corrected chi connectivity index (χ0v) is 6.64. The quantitative estimate of drug-likeness (QED) is 0.332. The van der Waals surface area contributed by atoms with E-state index >= 15 is 0 Å². The van der Waals surface area contributed by atoms with Gasteiger partial charge in [-0.2, -0.15) is 0 Å². The Bertz CT molecular complexity index is 171. The minimum atomic E-state index is -1.33. The van der Waals surface area contributed by atoms with E-state index in [1.165, 1.54) is 0 Å². The van der Waals surface area contributed by atoms with E-state index < -0.39 is 18.1 Å². The summed E-state index contributed by atoms with van der Waals surface area (Å²) in [5.74, 6) is -0.981. The van der Waals surface area contributed by atoms with Crippen LogP contribution in [0.2, 0.25) is 0 Å². The summed E-state index contributed by atoms with van der Waals surface area (Å²) >= 11 is 0. The number of aliphatic carboxylic acids is 1. The van der Waals surface area contributed by atoms with Gasteiger partial charge in [0, 0.05) is 6.08 Å². The van der Waals surface area contributed by atoms with Gasteiger partial charge in [0.15, 0.2) is 0 Å². The number of rotatable bonds is 1. The van der Waals surface area contributed by atoms with E-state index in [1.54, 1.807) is 0 Å². The molecule has 0 spiro atoms. The summed E-state index contributed by atoms with van der Waals surface area (Å²) in [6, 6.07) is -0.833. The molecule has 8 nitrogen and oxygen atoms in total. The first-order valence-corrected chi connectivity index (χ1v) is 2.62. The van der Waals surface area contributed by atoms with Gasteiger partial charge in [0.2, 0.25) is 0 Å². The molecule has 13 heavy (non-hydrogen) atoms. The molecule has 0 rings (SSSR count). The van der Waals surface area contributed by atoms with Crippen molar-refractivity contribution in [2.75, 3.05) is 0 Å². The Kier molecular flexibility index (Phi) is 16.3. The zero-order valence-electron chi connectivity index (χ0n) is 6.64. The van der Waals surface area contributed by atoms with E-state index in [2.05, 4.69) is 23.8 Å². The summed E-state index contributed by atoms with van der Waals surface area (Å²) in [5.41, 5.74) is 12.5. The molecule has 0 aromatic rings. The molecule has 0 fully saturated rings. The molecule has 0 saturated carbocycles. The van der Waals surface area contributed by atoms with Crippen LogP contribution in [0.3, 0.4) is 0 Å². The fraction of sp³-hybridized carbons (Fsp3) is 0. The molecule has 0 bridgehead atoms. The molecule has 0 aliphatic rings. The van der Waals surface area contributed by atoms with Crippen molar-refractivity contribution < 1.29 is 24.6 Å². The first kappa shape index (κ1) is 17.0. The Morgan fingerprint density at radius 2 is 1.15 bits per heavy atom. The van der Waals surface area contributed by atoms with Gasteiger partial charge in [-0.3, -0.25) is 0 Å². The highest BCUT2D eigenvalue weighted by Crippen LogP contribution is 1.54. The summed E-state index contributed by atoms with van der Waals surface area (Å²) in [6.07, 6.45) is -0.500. The maximum Gasteiger partial charge on any atom is 0.402 e. The van der Waals surface area contributed by atoms with Crippen LogP contribution in [0.15, 0.2) is 12.7 Å². The second kappa shape index (κ2) is 12.4. The third-order valence-electron chi connectivity index (χ3n) is 0.175. The monoisotopic (exact) mass is 193 g/mol.